The van der Waals surface area contributed by atoms with Crippen molar-refractivity contribution < 1.29 is 9.53 Å². The number of carbonyl (C=O) groups excluding carboxylic acids is 1. The second-order valence-electron chi connectivity index (χ2n) is 13.8. The van der Waals surface area contributed by atoms with Crippen LogP contribution in [0.4, 0.5) is 0 Å². The lowest BCUT2D eigenvalue weighted by Crippen LogP contribution is -2.51. The van der Waals surface area contributed by atoms with E-state index in [1.165, 1.54) is 57.8 Å². The fraction of sp³-hybridized carbons (Fsp3) is 0.906. The highest BCUT2D eigenvalue weighted by Crippen LogP contribution is 2.67. The Morgan fingerprint density at radius 3 is 2.54 bits per heavy atom. The SMILES string of the molecule is CCC[C@H](Br)C(=O)O[C@H]1CC[C@@]2(C)C(=CC[C@@H]3[C@H]2CC[C@]2(C)[C@@H]([C@H](C)CCCC(C)C)CC[C@@H]32)C1. The molecule has 0 aromatic rings. The molecule has 4 aliphatic carbocycles. The van der Waals surface area contributed by atoms with Crippen LogP contribution in [0.2, 0.25) is 0 Å². The summed E-state index contributed by atoms with van der Waals surface area (Å²) in [4.78, 5) is 12.4. The van der Waals surface area contributed by atoms with Gasteiger partial charge in [-0.2, -0.15) is 0 Å². The molecule has 3 heteroatoms. The van der Waals surface area contributed by atoms with Gasteiger partial charge in [-0.3, -0.25) is 4.79 Å². The van der Waals surface area contributed by atoms with Gasteiger partial charge in [0, 0.05) is 6.42 Å². The zero-order chi connectivity index (χ0) is 25.4. The Bertz CT molecular complexity index is 774. The Labute approximate surface area is 224 Å². The second-order valence-corrected chi connectivity index (χ2v) is 15.0. The fourth-order valence-electron chi connectivity index (χ4n) is 9.36. The Morgan fingerprint density at radius 1 is 1.06 bits per heavy atom. The van der Waals surface area contributed by atoms with Gasteiger partial charge >= 0.3 is 5.97 Å². The average molecular weight is 550 g/mol. The van der Waals surface area contributed by atoms with Crippen molar-refractivity contribution in [3.05, 3.63) is 11.6 Å². The lowest BCUT2D eigenvalue weighted by Gasteiger charge is -2.58. The van der Waals surface area contributed by atoms with E-state index in [9.17, 15) is 4.79 Å². The Hall–Kier alpha value is -0.310. The topological polar surface area (TPSA) is 26.3 Å². The molecule has 35 heavy (non-hydrogen) atoms. The van der Waals surface area contributed by atoms with Gasteiger partial charge in [0.25, 0.3) is 0 Å². The van der Waals surface area contributed by atoms with Crippen molar-refractivity contribution in [2.24, 2.45) is 46.3 Å². The quantitative estimate of drug-likeness (QED) is 0.163. The van der Waals surface area contributed by atoms with Crippen LogP contribution >= 0.6 is 15.9 Å². The van der Waals surface area contributed by atoms with Crippen LogP contribution < -0.4 is 0 Å². The summed E-state index contributed by atoms with van der Waals surface area (Å²) in [5.41, 5.74) is 2.49. The van der Waals surface area contributed by atoms with E-state index in [1.807, 2.05) is 0 Å². The summed E-state index contributed by atoms with van der Waals surface area (Å²) >= 11 is 3.53. The van der Waals surface area contributed by atoms with Crippen LogP contribution in [0.1, 0.15) is 125 Å². The molecule has 200 valence electrons. The van der Waals surface area contributed by atoms with E-state index < -0.39 is 0 Å². The van der Waals surface area contributed by atoms with Gasteiger partial charge in [0.1, 0.15) is 10.9 Å². The molecule has 2 nitrogen and oxygen atoms in total. The fourth-order valence-corrected chi connectivity index (χ4v) is 9.93. The van der Waals surface area contributed by atoms with E-state index in [4.69, 9.17) is 4.74 Å². The van der Waals surface area contributed by atoms with Crippen LogP contribution in [0.15, 0.2) is 11.6 Å². The number of ether oxygens (including phenoxy) is 1. The first kappa shape index (κ1) is 27.7. The maximum Gasteiger partial charge on any atom is 0.320 e. The lowest BCUT2D eigenvalue weighted by molar-refractivity contribution is -0.150. The molecule has 0 heterocycles. The van der Waals surface area contributed by atoms with Gasteiger partial charge in [-0.25, -0.2) is 0 Å². The second kappa shape index (κ2) is 11.2. The predicted octanol–water partition coefficient (Wildman–Crippen LogP) is 9.50. The standard InChI is InChI=1S/C32H53BrO2/c1-7-9-29(33)30(34)35-24-16-18-31(5)23(20-24)12-13-25-27-15-14-26(22(4)11-8-10-21(2)3)32(27,6)19-17-28(25)31/h12,21-22,24-29H,7-11,13-20H2,1-6H3/t22-,24+,25+,26-,27+,28-,29+,31+,32-/m1/s1. The molecule has 0 radical (unpaired) electrons. The largest absolute Gasteiger partial charge is 0.461 e. The van der Waals surface area contributed by atoms with Crippen molar-refractivity contribution in [3.63, 3.8) is 0 Å². The first-order chi connectivity index (χ1) is 16.6. The van der Waals surface area contributed by atoms with E-state index >= 15 is 0 Å². The molecule has 0 unspecified atom stereocenters. The number of hydrogen-bond acceptors (Lipinski definition) is 2. The third-order valence-corrected chi connectivity index (χ3v) is 12.2. The first-order valence-corrected chi connectivity index (χ1v) is 16.1. The molecule has 0 bridgehead atoms. The zero-order valence-electron chi connectivity index (χ0n) is 23.6. The lowest BCUT2D eigenvalue weighted by atomic mass is 9.47. The molecule has 0 spiro atoms. The summed E-state index contributed by atoms with van der Waals surface area (Å²) in [5.74, 6) is 5.19. The van der Waals surface area contributed by atoms with E-state index in [-0.39, 0.29) is 16.9 Å². The molecule has 0 aliphatic heterocycles. The number of hydrogen-bond donors (Lipinski definition) is 0. The van der Waals surface area contributed by atoms with Gasteiger partial charge in [0.2, 0.25) is 0 Å². The number of alkyl halides is 1. The maximum absolute atomic E-state index is 12.5. The van der Waals surface area contributed by atoms with E-state index in [1.54, 1.807) is 5.57 Å². The van der Waals surface area contributed by atoms with Crippen molar-refractivity contribution in [1.82, 2.24) is 0 Å². The van der Waals surface area contributed by atoms with Crippen molar-refractivity contribution >= 4 is 21.9 Å². The van der Waals surface area contributed by atoms with Gasteiger partial charge in [0.05, 0.1) is 0 Å². The first-order valence-electron chi connectivity index (χ1n) is 15.1. The van der Waals surface area contributed by atoms with Crippen molar-refractivity contribution in [2.45, 2.75) is 136 Å². The molecule has 0 aromatic heterocycles. The van der Waals surface area contributed by atoms with E-state index in [0.29, 0.717) is 10.8 Å². The summed E-state index contributed by atoms with van der Waals surface area (Å²) < 4.78 is 5.98. The third-order valence-electron chi connectivity index (χ3n) is 11.3. The molecule has 4 aliphatic rings. The summed E-state index contributed by atoms with van der Waals surface area (Å²) in [6, 6.07) is 0. The zero-order valence-corrected chi connectivity index (χ0v) is 25.2. The van der Waals surface area contributed by atoms with Gasteiger partial charge in [-0.15, -0.1) is 0 Å². The third kappa shape index (κ3) is 5.46. The maximum atomic E-state index is 12.5. The van der Waals surface area contributed by atoms with Gasteiger partial charge in [0.15, 0.2) is 0 Å². The van der Waals surface area contributed by atoms with Gasteiger partial charge < -0.3 is 4.74 Å². The van der Waals surface area contributed by atoms with Crippen LogP contribution in [0.5, 0.6) is 0 Å². The van der Waals surface area contributed by atoms with Crippen molar-refractivity contribution in [2.75, 3.05) is 0 Å². The monoisotopic (exact) mass is 548 g/mol. The molecular weight excluding hydrogens is 496 g/mol. The molecular formula is C32H53BrO2. The van der Waals surface area contributed by atoms with E-state index in [2.05, 4.69) is 63.5 Å². The van der Waals surface area contributed by atoms with Crippen LogP contribution in [-0.4, -0.2) is 16.9 Å². The number of fused-ring (bicyclic) bond motifs is 5. The minimum absolute atomic E-state index is 0.0531. The Morgan fingerprint density at radius 2 is 1.83 bits per heavy atom. The molecule has 0 saturated heterocycles. The van der Waals surface area contributed by atoms with Gasteiger partial charge in [-0.05, 0) is 97.7 Å². The minimum Gasteiger partial charge on any atom is -0.461 e. The summed E-state index contributed by atoms with van der Waals surface area (Å²) in [5, 5.41) is 0. The number of esters is 1. The number of rotatable bonds is 9. The average Bonchev–Trinajstić information content (AvgIpc) is 3.16. The smallest absolute Gasteiger partial charge is 0.320 e. The Balaban J connectivity index is 1.42. The normalized spacial score (nSPS) is 40.3. The summed E-state index contributed by atoms with van der Waals surface area (Å²) in [6.07, 6.45) is 19.0. The number of carbonyl (C=O) groups is 1. The van der Waals surface area contributed by atoms with E-state index in [0.717, 1.165) is 61.2 Å². The molecule has 0 N–H and O–H groups in total. The van der Waals surface area contributed by atoms with Crippen LogP contribution in [0, 0.1) is 46.3 Å². The molecule has 0 aromatic carbocycles. The number of halogens is 1. The highest BCUT2D eigenvalue weighted by Gasteiger charge is 2.59. The minimum atomic E-state index is -0.148. The Kier molecular flexibility index (Phi) is 8.87. The molecule has 9 atom stereocenters. The molecule has 3 saturated carbocycles. The molecule has 0 amide bonds. The molecule has 3 fully saturated rings. The predicted molar refractivity (Wildman–Crippen MR) is 151 cm³/mol. The highest BCUT2D eigenvalue weighted by molar-refractivity contribution is 9.10. The van der Waals surface area contributed by atoms with Crippen LogP contribution in [0.3, 0.4) is 0 Å². The van der Waals surface area contributed by atoms with Crippen LogP contribution in [0.25, 0.3) is 0 Å². The van der Waals surface area contributed by atoms with Gasteiger partial charge in [-0.1, -0.05) is 94.8 Å². The molecule has 4 rings (SSSR count). The highest BCUT2D eigenvalue weighted by atomic mass is 79.9. The summed E-state index contributed by atoms with van der Waals surface area (Å²) in [7, 11) is 0. The number of allylic oxidation sites excluding steroid dienone is 1. The van der Waals surface area contributed by atoms with Crippen molar-refractivity contribution in [1.29, 1.82) is 0 Å². The summed E-state index contributed by atoms with van der Waals surface area (Å²) in [6.45, 7) is 14.7. The van der Waals surface area contributed by atoms with Crippen molar-refractivity contribution in [3.8, 4) is 0 Å². The van der Waals surface area contributed by atoms with Crippen LogP contribution in [-0.2, 0) is 9.53 Å².